The number of rotatable bonds is 5. The van der Waals surface area contributed by atoms with Crippen molar-refractivity contribution in [3.63, 3.8) is 0 Å². The molecule has 46 heavy (non-hydrogen) atoms. The van der Waals surface area contributed by atoms with Gasteiger partial charge < -0.3 is 20.1 Å². The highest BCUT2D eigenvalue weighted by Gasteiger charge is 2.61. The number of amides is 3. The van der Waals surface area contributed by atoms with Crippen LogP contribution in [0.1, 0.15) is 75.3 Å². The van der Waals surface area contributed by atoms with Crippen LogP contribution in [0.3, 0.4) is 0 Å². The van der Waals surface area contributed by atoms with Crippen LogP contribution in [0.4, 0.5) is 22.4 Å². The maximum atomic E-state index is 14.3. The molecule has 2 fully saturated rings. The Balaban J connectivity index is 1.36. The molecule has 1 aromatic rings. The fourth-order valence-electron chi connectivity index (χ4n) is 6.73. The van der Waals surface area contributed by atoms with E-state index in [4.69, 9.17) is 4.74 Å². The smallest absolute Gasteiger partial charge is 0.410 e. The minimum atomic E-state index is -4.57. The van der Waals surface area contributed by atoms with Crippen molar-refractivity contribution in [3.8, 4) is 0 Å². The summed E-state index contributed by atoms with van der Waals surface area (Å²) in [7, 11) is 0. The molecule has 3 amide bonds. The van der Waals surface area contributed by atoms with E-state index in [0.29, 0.717) is 36.8 Å². The number of hydrogen-bond donors (Lipinski definition) is 2. The van der Waals surface area contributed by atoms with E-state index in [-0.39, 0.29) is 51.2 Å². The van der Waals surface area contributed by atoms with E-state index < -0.39 is 78.1 Å². The molecule has 1 aliphatic carbocycles. The first-order valence-electron chi connectivity index (χ1n) is 15.6. The largest absolute Gasteiger partial charge is 0.481 e. The second kappa shape index (κ2) is 13.4. The van der Waals surface area contributed by atoms with Gasteiger partial charge in [0.05, 0.1) is 31.0 Å². The van der Waals surface area contributed by atoms with Crippen molar-refractivity contribution in [1.29, 1.82) is 0 Å². The van der Waals surface area contributed by atoms with E-state index in [9.17, 15) is 46.6 Å². The van der Waals surface area contributed by atoms with Gasteiger partial charge in [0.1, 0.15) is 18.0 Å². The number of ether oxygens (including phenoxy) is 1. The van der Waals surface area contributed by atoms with Crippen LogP contribution in [0.2, 0.25) is 0 Å². The summed E-state index contributed by atoms with van der Waals surface area (Å²) in [5.74, 6) is -4.16. The van der Waals surface area contributed by atoms with Gasteiger partial charge in [0.2, 0.25) is 11.8 Å². The average molecular weight is 652 g/mol. The lowest BCUT2D eigenvalue weighted by atomic mass is 9.92. The first kappa shape index (κ1) is 33.4. The molecule has 1 saturated heterocycles. The lowest BCUT2D eigenvalue weighted by Gasteiger charge is -2.29. The Morgan fingerprint density at radius 1 is 1.11 bits per heavy atom. The molecule has 4 aliphatic rings. The number of carbonyl (C=O) groups excluding carboxylic acids is 4. The molecule has 250 valence electrons. The van der Waals surface area contributed by atoms with Crippen LogP contribution in [0, 0.1) is 17.2 Å². The molecule has 0 bridgehead atoms. The predicted molar refractivity (Wildman–Crippen MR) is 153 cm³/mol. The van der Waals surface area contributed by atoms with Crippen LogP contribution in [0.15, 0.2) is 30.4 Å². The van der Waals surface area contributed by atoms with E-state index in [1.807, 2.05) is 12.2 Å². The minimum absolute atomic E-state index is 0.0271. The molecule has 2 N–H and O–H groups in total. The summed E-state index contributed by atoms with van der Waals surface area (Å²) in [4.78, 5) is 68.1. The number of fused-ring (bicyclic) bond motifs is 3. The molecule has 3 aliphatic heterocycles. The second-order valence-electron chi connectivity index (χ2n) is 12.7. The molecule has 0 spiro atoms. The summed E-state index contributed by atoms with van der Waals surface area (Å²) in [5, 5.41) is 12.5. The fourth-order valence-corrected chi connectivity index (χ4v) is 6.73. The van der Waals surface area contributed by atoms with Crippen molar-refractivity contribution < 1.29 is 51.4 Å². The molecule has 0 radical (unpaired) electrons. The number of carboxylic acids is 1. The maximum Gasteiger partial charge on any atom is 0.410 e. The number of carbonyl (C=O) groups is 5. The summed E-state index contributed by atoms with van der Waals surface area (Å²) in [6.07, 6.45) is -2.54. The Bertz CT molecular complexity index is 1420. The lowest BCUT2D eigenvalue weighted by Crippen LogP contribution is -2.52. The third-order valence-corrected chi connectivity index (χ3v) is 9.42. The summed E-state index contributed by atoms with van der Waals surface area (Å²) in [6.45, 7) is -0.166. The normalized spacial score (nSPS) is 29.1. The van der Waals surface area contributed by atoms with Gasteiger partial charge in [-0.05, 0) is 43.2 Å². The molecule has 14 heteroatoms. The van der Waals surface area contributed by atoms with Crippen molar-refractivity contribution in [2.24, 2.45) is 11.3 Å². The number of Topliss-reactive ketones (excluding diaryl/α,β-unsaturated/α-hetero) is 1. The van der Waals surface area contributed by atoms with Gasteiger partial charge in [-0.15, -0.1) is 0 Å². The third-order valence-electron chi connectivity index (χ3n) is 9.42. The Hall–Kier alpha value is -3.97. The minimum Gasteiger partial charge on any atom is -0.481 e. The van der Waals surface area contributed by atoms with Gasteiger partial charge in [-0.1, -0.05) is 37.1 Å². The van der Waals surface area contributed by atoms with Gasteiger partial charge in [-0.25, -0.2) is 9.18 Å². The van der Waals surface area contributed by atoms with Crippen LogP contribution >= 0.6 is 0 Å². The van der Waals surface area contributed by atoms with Gasteiger partial charge in [0.15, 0.2) is 5.78 Å². The van der Waals surface area contributed by atoms with E-state index in [0.717, 1.165) is 4.90 Å². The van der Waals surface area contributed by atoms with Crippen LogP contribution in [-0.4, -0.2) is 75.5 Å². The molecular formula is C32H37F4N3O7. The summed E-state index contributed by atoms with van der Waals surface area (Å²) in [6, 6.07) is 2.10. The number of ketones is 1. The van der Waals surface area contributed by atoms with Gasteiger partial charge in [-0.2, -0.15) is 13.2 Å². The number of allylic oxidation sites excluding steroid dienone is 2. The topological polar surface area (TPSA) is 133 Å². The van der Waals surface area contributed by atoms with Gasteiger partial charge in [0, 0.05) is 31.4 Å². The van der Waals surface area contributed by atoms with Crippen LogP contribution in [0.25, 0.3) is 0 Å². The van der Waals surface area contributed by atoms with Crippen LogP contribution in [-0.2, 0) is 37.0 Å². The van der Waals surface area contributed by atoms with Crippen molar-refractivity contribution in [2.45, 2.75) is 102 Å². The highest BCUT2D eigenvalue weighted by atomic mass is 19.4. The second-order valence-corrected chi connectivity index (χ2v) is 12.7. The first-order chi connectivity index (χ1) is 21.8. The van der Waals surface area contributed by atoms with E-state index in [2.05, 4.69) is 5.32 Å². The van der Waals surface area contributed by atoms with Gasteiger partial charge >= 0.3 is 18.2 Å². The third kappa shape index (κ3) is 7.52. The lowest BCUT2D eigenvalue weighted by molar-refractivity contribution is -0.148. The van der Waals surface area contributed by atoms with E-state index in [1.165, 1.54) is 17.0 Å². The van der Waals surface area contributed by atoms with Crippen molar-refractivity contribution in [1.82, 2.24) is 15.1 Å². The number of nitrogens with zero attached hydrogens (tertiary/aromatic N) is 2. The molecule has 0 unspecified atom stereocenters. The Morgan fingerprint density at radius 2 is 1.89 bits per heavy atom. The van der Waals surface area contributed by atoms with Crippen LogP contribution < -0.4 is 5.32 Å². The molecule has 5 rings (SSSR count). The summed E-state index contributed by atoms with van der Waals surface area (Å²) >= 11 is 0. The van der Waals surface area contributed by atoms with E-state index >= 15 is 0 Å². The molecule has 5 atom stereocenters. The Morgan fingerprint density at radius 3 is 2.61 bits per heavy atom. The molecule has 1 aromatic carbocycles. The number of halogens is 4. The zero-order chi connectivity index (χ0) is 33.2. The maximum absolute atomic E-state index is 14.3. The highest BCUT2D eigenvalue weighted by molar-refractivity contribution is 5.96. The van der Waals surface area contributed by atoms with Crippen LogP contribution in [0.5, 0.6) is 0 Å². The van der Waals surface area contributed by atoms with Gasteiger partial charge in [-0.3, -0.25) is 24.1 Å². The summed E-state index contributed by atoms with van der Waals surface area (Å²) in [5.41, 5.74) is -0.342. The first-order valence-corrected chi connectivity index (χ1v) is 15.6. The number of nitrogens with one attached hydrogen (secondary N) is 1. The monoisotopic (exact) mass is 651 g/mol. The van der Waals surface area contributed by atoms with E-state index in [1.54, 1.807) is 6.07 Å². The molecular weight excluding hydrogens is 614 g/mol. The van der Waals surface area contributed by atoms with Crippen molar-refractivity contribution in [3.05, 3.63) is 47.3 Å². The van der Waals surface area contributed by atoms with Crippen molar-refractivity contribution in [2.75, 3.05) is 6.54 Å². The number of aliphatic carboxylic acids is 1. The summed E-state index contributed by atoms with van der Waals surface area (Å²) < 4.78 is 58.3. The standard InChI is InChI=1S/C32H37F4N3O7/c33-23-9-6-7-19-16-38(18-22(19)23)30(45)46-21-13-25-26(40)15-31(29(43)44)14-20(31)8-4-2-1-3-5-10-24(28(42)39(25)17-21)37-27(41)11-12-32(34,35)36/h4,6-9,20-21,24-25H,1-3,5,10-18H2,(H,37,41)(H,43,44)/b8-4-/t20-,21-,24+,25+,31-/m1/s1. The number of alkyl halides is 3. The zero-order valence-corrected chi connectivity index (χ0v) is 25.2. The van der Waals surface area contributed by atoms with Crippen molar-refractivity contribution >= 4 is 29.7 Å². The van der Waals surface area contributed by atoms with Gasteiger partial charge in [0.25, 0.3) is 0 Å². The highest BCUT2D eigenvalue weighted by Crippen LogP contribution is 2.57. The Labute approximate surface area is 263 Å². The quantitative estimate of drug-likeness (QED) is 0.350. The number of benzene rings is 1. The fraction of sp³-hybridized carbons (Fsp3) is 0.594. The average Bonchev–Trinajstić information content (AvgIpc) is 3.30. The molecule has 1 saturated carbocycles. The molecule has 3 heterocycles. The molecule has 0 aromatic heterocycles. The molecule has 10 nitrogen and oxygen atoms in total. The number of hydrogen-bond acceptors (Lipinski definition) is 6. The predicted octanol–water partition coefficient (Wildman–Crippen LogP) is 4.65. The zero-order valence-electron chi connectivity index (χ0n) is 25.2. The SMILES string of the molecule is O=C(CCC(F)(F)F)N[C@H]1CCCCC/C=C\[C@@H]2C[C@@]2(C(=O)O)CC(=O)[C@@H]2C[C@@H](OC(=O)N3Cc4cccc(F)c4C3)CN2C1=O. The Kier molecular flexibility index (Phi) is 9.73. The number of carboxylic acid groups (broad SMARTS) is 1.